The maximum absolute atomic E-state index is 11.0. The van der Waals surface area contributed by atoms with E-state index >= 15 is 0 Å². The first kappa shape index (κ1) is 14.6. The number of carboxylic acid groups (broad SMARTS) is 1. The van der Waals surface area contributed by atoms with Gasteiger partial charge in [0.15, 0.2) is 0 Å². The lowest BCUT2D eigenvalue weighted by atomic mass is 10.2. The van der Waals surface area contributed by atoms with Crippen molar-refractivity contribution in [3.05, 3.63) is 45.5 Å². The molecule has 0 aliphatic heterocycles. The third-order valence-corrected chi connectivity index (χ3v) is 3.15. The molecule has 0 amide bonds. The lowest BCUT2D eigenvalue weighted by molar-refractivity contribution is 0.0697. The van der Waals surface area contributed by atoms with Crippen LogP contribution in [0.15, 0.2) is 34.8 Å². The highest BCUT2D eigenvalue weighted by Gasteiger charge is 2.10. The van der Waals surface area contributed by atoms with Gasteiger partial charge in [0.25, 0.3) is 0 Å². The number of halogens is 2. The van der Waals surface area contributed by atoms with E-state index in [2.05, 4.69) is 26.2 Å². The standard InChI is InChI=1S/C13H10BrClN2O3/c1-20-10-3-2-8(14)6-9(10)16-12-5-7(13(18)19)4-11(15)17-12/h2-6H,1H3,(H,16,17)(H,18,19). The summed E-state index contributed by atoms with van der Waals surface area (Å²) >= 11 is 9.17. The molecule has 0 fully saturated rings. The van der Waals surface area contributed by atoms with Gasteiger partial charge in [-0.1, -0.05) is 27.5 Å². The van der Waals surface area contributed by atoms with E-state index in [1.54, 1.807) is 19.2 Å². The van der Waals surface area contributed by atoms with Crippen molar-refractivity contribution >= 4 is 45.0 Å². The lowest BCUT2D eigenvalue weighted by Gasteiger charge is -2.11. The number of hydrogen-bond donors (Lipinski definition) is 2. The van der Waals surface area contributed by atoms with Crippen LogP contribution in [0, 0.1) is 0 Å². The van der Waals surface area contributed by atoms with Crippen molar-refractivity contribution in [2.24, 2.45) is 0 Å². The zero-order valence-corrected chi connectivity index (χ0v) is 12.7. The van der Waals surface area contributed by atoms with Crippen LogP contribution in [0.3, 0.4) is 0 Å². The molecule has 1 aromatic carbocycles. The van der Waals surface area contributed by atoms with Crippen molar-refractivity contribution in [3.8, 4) is 5.75 Å². The Labute approximate surface area is 128 Å². The summed E-state index contributed by atoms with van der Waals surface area (Å²) in [6.07, 6.45) is 0. The van der Waals surface area contributed by atoms with Gasteiger partial charge in [0.2, 0.25) is 0 Å². The van der Waals surface area contributed by atoms with E-state index in [-0.39, 0.29) is 10.7 Å². The maximum atomic E-state index is 11.0. The summed E-state index contributed by atoms with van der Waals surface area (Å²) in [5, 5.41) is 12.1. The van der Waals surface area contributed by atoms with Crippen LogP contribution in [0.4, 0.5) is 11.5 Å². The molecule has 0 saturated carbocycles. The monoisotopic (exact) mass is 356 g/mol. The van der Waals surface area contributed by atoms with Gasteiger partial charge in [-0.3, -0.25) is 0 Å². The van der Waals surface area contributed by atoms with Gasteiger partial charge in [0.1, 0.15) is 16.7 Å². The first-order valence-corrected chi connectivity index (χ1v) is 6.68. The molecule has 104 valence electrons. The number of carbonyl (C=O) groups is 1. The third-order valence-electron chi connectivity index (χ3n) is 2.47. The fourth-order valence-electron chi connectivity index (χ4n) is 1.60. The van der Waals surface area contributed by atoms with E-state index in [4.69, 9.17) is 21.4 Å². The van der Waals surface area contributed by atoms with E-state index in [0.717, 1.165) is 4.47 Å². The molecule has 0 aliphatic rings. The SMILES string of the molecule is COc1ccc(Br)cc1Nc1cc(C(=O)O)cc(Cl)n1. The Bertz CT molecular complexity index is 664. The summed E-state index contributed by atoms with van der Waals surface area (Å²) in [5.74, 6) is -0.142. The third kappa shape index (κ3) is 3.40. The van der Waals surface area contributed by atoms with Gasteiger partial charge >= 0.3 is 5.97 Å². The molecule has 2 rings (SSSR count). The van der Waals surface area contributed by atoms with Crippen molar-refractivity contribution < 1.29 is 14.6 Å². The molecule has 0 unspecified atom stereocenters. The van der Waals surface area contributed by atoms with Crippen LogP contribution in [-0.4, -0.2) is 23.2 Å². The van der Waals surface area contributed by atoms with Gasteiger partial charge in [0.05, 0.1) is 18.4 Å². The molecule has 0 saturated heterocycles. The maximum Gasteiger partial charge on any atom is 0.335 e. The number of rotatable bonds is 4. The minimum absolute atomic E-state index is 0.0569. The second-order valence-corrected chi connectivity index (χ2v) is 5.14. The van der Waals surface area contributed by atoms with Crippen LogP contribution >= 0.6 is 27.5 Å². The summed E-state index contributed by atoms with van der Waals surface area (Å²) in [5.41, 5.74) is 0.703. The zero-order valence-electron chi connectivity index (χ0n) is 10.4. The van der Waals surface area contributed by atoms with Gasteiger partial charge < -0.3 is 15.2 Å². The fraction of sp³-hybridized carbons (Fsp3) is 0.0769. The van der Waals surface area contributed by atoms with Crippen molar-refractivity contribution in [2.45, 2.75) is 0 Å². The Morgan fingerprint density at radius 1 is 1.40 bits per heavy atom. The van der Waals surface area contributed by atoms with Crippen LogP contribution in [0.2, 0.25) is 5.15 Å². The number of nitrogens with one attached hydrogen (secondary N) is 1. The predicted octanol–water partition coefficient (Wildman–Crippen LogP) is 3.95. The number of hydrogen-bond acceptors (Lipinski definition) is 4. The smallest absolute Gasteiger partial charge is 0.335 e. The Kier molecular flexibility index (Phi) is 4.46. The lowest BCUT2D eigenvalue weighted by Crippen LogP contribution is -2.01. The van der Waals surface area contributed by atoms with Crippen molar-refractivity contribution in [1.82, 2.24) is 4.98 Å². The van der Waals surface area contributed by atoms with Crippen molar-refractivity contribution in [2.75, 3.05) is 12.4 Å². The van der Waals surface area contributed by atoms with Crippen molar-refractivity contribution in [1.29, 1.82) is 0 Å². The van der Waals surface area contributed by atoms with E-state index in [9.17, 15) is 4.79 Å². The molecular weight excluding hydrogens is 348 g/mol. The number of methoxy groups -OCH3 is 1. The molecule has 0 bridgehead atoms. The molecule has 20 heavy (non-hydrogen) atoms. The number of carboxylic acids is 1. The second-order valence-electron chi connectivity index (χ2n) is 3.84. The predicted molar refractivity (Wildman–Crippen MR) is 80.2 cm³/mol. The fourth-order valence-corrected chi connectivity index (χ4v) is 2.17. The first-order chi connectivity index (χ1) is 9.49. The van der Waals surface area contributed by atoms with Gasteiger partial charge in [-0.15, -0.1) is 0 Å². The number of nitrogens with zero attached hydrogens (tertiary/aromatic N) is 1. The molecular formula is C13H10BrClN2O3. The average molecular weight is 358 g/mol. The van der Waals surface area contributed by atoms with Gasteiger partial charge in [-0.05, 0) is 30.3 Å². The molecule has 1 aromatic heterocycles. The Morgan fingerprint density at radius 2 is 2.15 bits per heavy atom. The van der Waals surface area contributed by atoms with Crippen LogP contribution in [-0.2, 0) is 0 Å². The first-order valence-electron chi connectivity index (χ1n) is 5.51. The summed E-state index contributed by atoms with van der Waals surface area (Å²) in [6, 6.07) is 8.08. The summed E-state index contributed by atoms with van der Waals surface area (Å²) in [6.45, 7) is 0. The minimum Gasteiger partial charge on any atom is -0.495 e. The summed E-state index contributed by atoms with van der Waals surface area (Å²) < 4.78 is 6.07. The normalized spacial score (nSPS) is 10.2. The topological polar surface area (TPSA) is 71.5 Å². The highest BCUT2D eigenvalue weighted by Crippen LogP contribution is 2.30. The average Bonchev–Trinajstić information content (AvgIpc) is 2.38. The number of pyridine rings is 1. The molecule has 0 spiro atoms. The Hall–Kier alpha value is -1.79. The number of anilines is 2. The van der Waals surface area contributed by atoms with Crippen LogP contribution in [0.25, 0.3) is 0 Å². The number of aromatic nitrogens is 1. The van der Waals surface area contributed by atoms with E-state index in [0.29, 0.717) is 17.3 Å². The highest BCUT2D eigenvalue weighted by molar-refractivity contribution is 9.10. The highest BCUT2D eigenvalue weighted by atomic mass is 79.9. The molecule has 2 aromatic rings. The zero-order chi connectivity index (χ0) is 14.7. The quantitative estimate of drug-likeness (QED) is 0.811. The minimum atomic E-state index is -1.07. The molecule has 2 N–H and O–H groups in total. The summed E-state index contributed by atoms with van der Waals surface area (Å²) in [4.78, 5) is 15.0. The second kappa shape index (κ2) is 6.11. The van der Waals surface area contributed by atoms with Gasteiger partial charge in [-0.25, -0.2) is 9.78 Å². The number of ether oxygens (including phenoxy) is 1. The summed E-state index contributed by atoms with van der Waals surface area (Å²) in [7, 11) is 1.54. The molecule has 0 aliphatic carbocycles. The molecule has 0 radical (unpaired) electrons. The van der Waals surface area contributed by atoms with Gasteiger partial charge in [0, 0.05) is 4.47 Å². The largest absolute Gasteiger partial charge is 0.495 e. The number of benzene rings is 1. The molecule has 0 atom stereocenters. The number of aromatic carboxylic acids is 1. The molecule has 7 heteroatoms. The molecule has 1 heterocycles. The molecule has 5 nitrogen and oxygen atoms in total. The van der Waals surface area contributed by atoms with E-state index < -0.39 is 5.97 Å². The van der Waals surface area contributed by atoms with Crippen LogP contribution in [0.5, 0.6) is 5.75 Å². The Morgan fingerprint density at radius 3 is 2.80 bits per heavy atom. The van der Waals surface area contributed by atoms with Crippen LogP contribution < -0.4 is 10.1 Å². The van der Waals surface area contributed by atoms with Crippen molar-refractivity contribution in [3.63, 3.8) is 0 Å². The van der Waals surface area contributed by atoms with Crippen LogP contribution in [0.1, 0.15) is 10.4 Å². The Balaban J connectivity index is 2.39. The van der Waals surface area contributed by atoms with Gasteiger partial charge in [-0.2, -0.15) is 0 Å². The van der Waals surface area contributed by atoms with E-state index in [1.807, 2.05) is 6.07 Å². The van der Waals surface area contributed by atoms with E-state index in [1.165, 1.54) is 12.1 Å².